The molecule has 0 aliphatic carbocycles. The van der Waals surface area contributed by atoms with Crippen LogP contribution in [0.15, 0.2) is 18.3 Å². The van der Waals surface area contributed by atoms with Gasteiger partial charge in [0, 0.05) is 13.3 Å². The number of rotatable bonds is 5. The van der Waals surface area contributed by atoms with Gasteiger partial charge in [-0.1, -0.05) is 13.8 Å². The van der Waals surface area contributed by atoms with Gasteiger partial charge in [-0.15, -0.1) is 0 Å². The van der Waals surface area contributed by atoms with Crippen LogP contribution in [-0.4, -0.2) is 24.7 Å². The first kappa shape index (κ1) is 12.5. The second kappa shape index (κ2) is 6.09. The van der Waals surface area contributed by atoms with Gasteiger partial charge >= 0.3 is 0 Å². The molecule has 1 aromatic rings. The summed E-state index contributed by atoms with van der Waals surface area (Å²) in [6.07, 6.45) is 1.56. The molecule has 1 N–H and O–H groups in total. The first-order valence-corrected chi connectivity index (χ1v) is 5.29. The number of methoxy groups -OCH3 is 1. The van der Waals surface area contributed by atoms with Crippen LogP contribution in [0.25, 0.3) is 0 Å². The summed E-state index contributed by atoms with van der Waals surface area (Å²) in [6, 6.07) is 5.83. The van der Waals surface area contributed by atoms with Crippen molar-refractivity contribution in [2.75, 3.05) is 19.0 Å². The molecule has 4 heteroatoms. The predicted molar refractivity (Wildman–Crippen MR) is 63.1 cm³/mol. The molecule has 1 aromatic heterocycles. The molecule has 0 saturated carbocycles. The molecule has 0 amide bonds. The maximum absolute atomic E-state index is 8.65. The Morgan fingerprint density at radius 1 is 1.50 bits per heavy atom. The van der Waals surface area contributed by atoms with E-state index >= 15 is 0 Å². The second-order valence-corrected chi connectivity index (χ2v) is 3.99. The average molecular weight is 219 g/mol. The van der Waals surface area contributed by atoms with E-state index in [2.05, 4.69) is 24.1 Å². The molecule has 0 fully saturated rings. The Balaban J connectivity index is 2.66. The summed E-state index contributed by atoms with van der Waals surface area (Å²) in [5, 5.41) is 11.9. The minimum Gasteiger partial charge on any atom is -0.383 e. The predicted octanol–water partition coefficient (Wildman–Crippen LogP) is 2.04. The van der Waals surface area contributed by atoms with Crippen LogP contribution < -0.4 is 5.32 Å². The number of nitrogens with zero attached hydrogens (tertiary/aromatic N) is 2. The highest BCUT2D eigenvalue weighted by molar-refractivity contribution is 5.39. The van der Waals surface area contributed by atoms with Crippen LogP contribution in [0.1, 0.15) is 19.4 Å². The number of nitrogens with one attached hydrogen (secondary N) is 1. The molecule has 4 nitrogen and oxygen atoms in total. The number of nitriles is 1. The molecule has 1 rings (SSSR count). The van der Waals surface area contributed by atoms with Crippen molar-refractivity contribution in [3.8, 4) is 6.07 Å². The summed E-state index contributed by atoms with van der Waals surface area (Å²) in [4.78, 5) is 4.16. The second-order valence-electron chi connectivity index (χ2n) is 3.99. The summed E-state index contributed by atoms with van der Waals surface area (Å²) in [5.74, 6) is 1.23. The first-order chi connectivity index (χ1) is 7.67. The highest BCUT2D eigenvalue weighted by Gasteiger charge is 2.12. The van der Waals surface area contributed by atoms with Crippen molar-refractivity contribution in [1.29, 1.82) is 5.26 Å². The van der Waals surface area contributed by atoms with Crippen LogP contribution in [0.5, 0.6) is 0 Å². The topological polar surface area (TPSA) is 57.9 Å². The van der Waals surface area contributed by atoms with E-state index in [0.717, 1.165) is 5.82 Å². The monoisotopic (exact) mass is 219 g/mol. The third-order valence-corrected chi connectivity index (χ3v) is 2.38. The maximum Gasteiger partial charge on any atom is 0.126 e. The zero-order valence-electron chi connectivity index (χ0n) is 9.90. The first-order valence-electron chi connectivity index (χ1n) is 5.29. The number of anilines is 1. The van der Waals surface area contributed by atoms with E-state index in [-0.39, 0.29) is 6.04 Å². The highest BCUT2D eigenvalue weighted by Crippen LogP contribution is 2.11. The molecule has 0 aliphatic rings. The fraction of sp³-hybridized carbons (Fsp3) is 0.500. The Labute approximate surface area is 96.3 Å². The van der Waals surface area contributed by atoms with E-state index in [1.54, 1.807) is 19.4 Å². The highest BCUT2D eigenvalue weighted by atomic mass is 16.5. The smallest absolute Gasteiger partial charge is 0.126 e. The van der Waals surface area contributed by atoms with Gasteiger partial charge < -0.3 is 10.1 Å². The molecule has 86 valence electrons. The van der Waals surface area contributed by atoms with E-state index in [1.165, 1.54) is 0 Å². The van der Waals surface area contributed by atoms with Gasteiger partial charge in [0.25, 0.3) is 0 Å². The Morgan fingerprint density at radius 3 is 2.69 bits per heavy atom. The van der Waals surface area contributed by atoms with Gasteiger partial charge in [-0.05, 0) is 18.1 Å². The van der Waals surface area contributed by atoms with E-state index in [9.17, 15) is 0 Å². The molecule has 1 unspecified atom stereocenters. The van der Waals surface area contributed by atoms with Crippen LogP contribution >= 0.6 is 0 Å². The van der Waals surface area contributed by atoms with Crippen molar-refractivity contribution in [2.24, 2.45) is 5.92 Å². The van der Waals surface area contributed by atoms with Gasteiger partial charge in [0.15, 0.2) is 0 Å². The van der Waals surface area contributed by atoms with Crippen molar-refractivity contribution in [3.05, 3.63) is 23.9 Å². The van der Waals surface area contributed by atoms with Gasteiger partial charge in [-0.25, -0.2) is 4.98 Å². The molecule has 0 aromatic carbocycles. The molecular weight excluding hydrogens is 202 g/mol. The SMILES string of the molecule is COCC(Nc1ccc(C#N)cn1)C(C)C. The quantitative estimate of drug-likeness (QED) is 0.823. The third kappa shape index (κ3) is 3.52. The standard InChI is InChI=1S/C12H17N3O/c1-9(2)11(8-16-3)15-12-5-4-10(6-13)7-14-12/h4-5,7,9,11H,8H2,1-3H3,(H,14,15). The minimum atomic E-state index is 0.227. The van der Waals surface area contributed by atoms with Crippen molar-refractivity contribution < 1.29 is 4.74 Å². The molecule has 0 aliphatic heterocycles. The van der Waals surface area contributed by atoms with E-state index in [0.29, 0.717) is 18.1 Å². The number of ether oxygens (including phenoxy) is 1. The normalized spacial score (nSPS) is 12.2. The van der Waals surface area contributed by atoms with Crippen molar-refractivity contribution in [1.82, 2.24) is 4.98 Å². The van der Waals surface area contributed by atoms with Gasteiger partial charge in [-0.3, -0.25) is 0 Å². The van der Waals surface area contributed by atoms with Crippen molar-refractivity contribution >= 4 is 5.82 Å². The van der Waals surface area contributed by atoms with Gasteiger partial charge in [0.05, 0.1) is 18.2 Å². The Kier molecular flexibility index (Phi) is 4.74. The molecule has 1 atom stereocenters. The van der Waals surface area contributed by atoms with E-state index in [1.807, 2.05) is 12.1 Å². The third-order valence-electron chi connectivity index (χ3n) is 2.38. The summed E-state index contributed by atoms with van der Waals surface area (Å²) in [7, 11) is 1.68. The van der Waals surface area contributed by atoms with E-state index in [4.69, 9.17) is 10.00 Å². The lowest BCUT2D eigenvalue weighted by Crippen LogP contribution is -2.30. The Bertz CT molecular complexity index is 354. The summed E-state index contributed by atoms with van der Waals surface area (Å²) in [6.45, 7) is 4.89. The van der Waals surface area contributed by atoms with Crippen molar-refractivity contribution in [2.45, 2.75) is 19.9 Å². The number of hydrogen-bond donors (Lipinski definition) is 1. The molecule has 0 spiro atoms. The van der Waals surface area contributed by atoms with Gasteiger partial charge in [0.1, 0.15) is 11.9 Å². The summed E-state index contributed by atoms with van der Waals surface area (Å²) >= 11 is 0. The molecule has 0 bridgehead atoms. The number of aromatic nitrogens is 1. The lowest BCUT2D eigenvalue weighted by molar-refractivity contribution is 0.171. The van der Waals surface area contributed by atoms with Crippen LogP contribution in [-0.2, 0) is 4.74 Å². The van der Waals surface area contributed by atoms with Crippen LogP contribution in [0.3, 0.4) is 0 Å². The number of pyridine rings is 1. The lowest BCUT2D eigenvalue weighted by atomic mass is 10.1. The maximum atomic E-state index is 8.65. The Morgan fingerprint density at radius 2 is 2.25 bits per heavy atom. The lowest BCUT2D eigenvalue weighted by Gasteiger charge is -2.21. The number of hydrogen-bond acceptors (Lipinski definition) is 4. The van der Waals surface area contributed by atoms with Crippen LogP contribution in [0, 0.1) is 17.2 Å². The minimum absolute atomic E-state index is 0.227. The van der Waals surface area contributed by atoms with Crippen LogP contribution in [0.2, 0.25) is 0 Å². The molecule has 1 heterocycles. The fourth-order valence-electron chi connectivity index (χ4n) is 1.32. The summed E-state index contributed by atoms with van der Waals surface area (Å²) in [5.41, 5.74) is 0.568. The summed E-state index contributed by atoms with van der Waals surface area (Å²) < 4.78 is 5.14. The fourth-order valence-corrected chi connectivity index (χ4v) is 1.32. The van der Waals surface area contributed by atoms with Crippen molar-refractivity contribution in [3.63, 3.8) is 0 Å². The Hall–Kier alpha value is -1.60. The zero-order chi connectivity index (χ0) is 12.0. The van der Waals surface area contributed by atoms with Crippen LogP contribution in [0.4, 0.5) is 5.82 Å². The molecular formula is C12H17N3O. The van der Waals surface area contributed by atoms with Gasteiger partial charge in [-0.2, -0.15) is 5.26 Å². The van der Waals surface area contributed by atoms with E-state index < -0.39 is 0 Å². The molecule has 16 heavy (non-hydrogen) atoms. The molecule has 0 saturated heterocycles. The largest absolute Gasteiger partial charge is 0.383 e. The van der Waals surface area contributed by atoms with Gasteiger partial charge in [0.2, 0.25) is 0 Å². The zero-order valence-corrected chi connectivity index (χ0v) is 9.90. The molecule has 0 radical (unpaired) electrons. The average Bonchev–Trinajstić information content (AvgIpc) is 2.29.